The average molecular weight is 499 g/mol. The first kappa shape index (κ1) is 26.4. The van der Waals surface area contributed by atoms with E-state index >= 15 is 0 Å². The van der Waals surface area contributed by atoms with Crippen LogP contribution >= 0.6 is 0 Å². The highest BCUT2D eigenvalue weighted by molar-refractivity contribution is 5.87. The minimum Gasteiger partial charge on any atom is -0.507 e. The first-order valence-electron chi connectivity index (χ1n) is 11.7. The lowest BCUT2D eigenvalue weighted by Gasteiger charge is -2.19. The molecule has 10 heteroatoms. The molecule has 2 amide bonds. The van der Waals surface area contributed by atoms with Gasteiger partial charge in [0.25, 0.3) is 0 Å². The maximum atomic E-state index is 12.8. The molecule has 0 spiro atoms. The van der Waals surface area contributed by atoms with Crippen molar-refractivity contribution in [2.45, 2.75) is 27.7 Å². The van der Waals surface area contributed by atoms with Crippen molar-refractivity contribution in [1.29, 1.82) is 0 Å². The van der Waals surface area contributed by atoms with Gasteiger partial charge in [0.15, 0.2) is 16.9 Å². The third-order valence-corrected chi connectivity index (χ3v) is 5.68. The number of methoxy groups -OCH3 is 1. The molecular weight excluding hydrogens is 468 g/mol. The number of aromatic hydroxyl groups is 1. The molecule has 1 heterocycles. The summed E-state index contributed by atoms with van der Waals surface area (Å²) < 4.78 is 22.1. The Morgan fingerprint density at radius 3 is 2.06 bits per heavy atom. The summed E-state index contributed by atoms with van der Waals surface area (Å²) in [4.78, 5) is 40.6. The summed E-state index contributed by atoms with van der Waals surface area (Å²) >= 11 is 0. The molecule has 3 rings (SSSR count). The van der Waals surface area contributed by atoms with Crippen LogP contribution in [-0.4, -0.2) is 60.4 Å². The van der Waals surface area contributed by atoms with E-state index in [0.29, 0.717) is 37.5 Å². The van der Waals surface area contributed by atoms with Crippen molar-refractivity contribution in [3.8, 4) is 34.3 Å². The van der Waals surface area contributed by atoms with Gasteiger partial charge in [-0.05, 0) is 45.9 Å². The second-order valence-electron chi connectivity index (χ2n) is 7.74. The Labute approximate surface area is 208 Å². The third kappa shape index (κ3) is 5.54. The van der Waals surface area contributed by atoms with Crippen molar-refractivity contribution in [1.82, 2.24) is 9.80 Å². The Bertz CT molecular complexity index is 1310. The van der Waals surface area contributed by atoms with Crippen LogP contribution in [0.2, 0.25) is 0 Å². The molecule has 0 saturated carbocycles. The zero-order valence-corrected chi connectivity index (χ0v) is 21.0. The van der Waals surface area contributed by atoms with E-state index < -0.39 is 17.6 Å². The zero-order chi connectivity index (χ0) is 26.4. The number of fused-ring (bicyclic) bond motifs is 1. The van der Waals surface area contributed by atoms with Crippen LogP contribution < -0.4 is 19.6 Å². The minimum atomic E-state index is -0.591. The first-order valence-corrected chi connectivity index (χ1v) is 11.7. The van der Waals surface area contributed by atoms with E-state index in [1.807, 2.05) is 27.7 Å². The van der Waals surface area contributed by atoms with Gasteiger partial charge in [0.05, 0.1) is 7.11 Å². The van der Waals surface area contributed by atoms with Gasteiger partial charge in [0.1, 0.15) is 28.2 Å². The summed E-state index contributed by atoms with van der Waals surface area (Å²) in [6.45, 7) is 9.16. The lowest BCUT2D eigenvalue weighted by molar-refractivity contribution is 0.155. The topological polar surface area (TPSA) is 119 Å². The zero-order valence-electron chi connectivity index (χ0n) is 21.0. The highest BCUT2D eigenvalue weighted by Gasteiger charge is 2.19. The fourth-order valence-corrected chi connectivity index (χ4v) is 3.64. The number of hydrogen-bond acceptors (Lipinski definition) is 8. The lowest BCUT2D eigenvalue weighted by Crippen LogP contribution is -2.33. The number of amides is 2. The van der Waals surface area contributed by atoms with Crippen LogP contribution in [0.4, 0.5) is 9.59 Å². The van der Waals surface area contributed by atoms with Crippen molar-refractivity contribution in [2.75, 3.05) is 33.3 Å². The highest BCUT2D eigenvalue weighted by atomic mass is 16.6. The first-order chi connectivity index (χ1) is 17.3. The predicted molar refractivity (Wildman–Crippen MR) is 134 cm³/mol. The third-order valence-electron chi connectivity index (χ3n) is 5.68. The van der Waals surface area contributed by atoms with Gasteiger partial charge < -0.3 is 33.5 Å². The summed E-state index contributed by atoms with van der Waals surface area (Å²) in [5.74, 6) is 0.284. The van der Waals surface area contributed by atoms with Crippen molar-refractivity contribution < 1.29 is 33.3 Å². The molecular formula is C26H30N2O8. The number of carbonyl (C=O) groups excluding carboxylic acids is 2. The molecule has 36 heavy (non-hydrogen) atoms. The molecule has 1 N–H and O–H groups in total. The van der Waals surface area contributed by atoms with Crippen LogP contribution in [0.1, 0.15) is 27.7 Å². The van der Waals surface area contributed by atoms with E-state index in [4.69, 9.17) is 18.6 Å². The van der Waals surface area contributed by atoms with E-state index in [9.17, 15) is 19.5 Å². The van der Waals surface area contributed by atoms with Crippen molar-refractivity contribution in [2.24, 2.45) is 0 Å². The van der Waals surface area contributed by atoms with E-state index in [-0.39, 0.29) is 34.0 Å². The molecule has 10 nitrogen and oxygen atoms in total. The van der Waals surface area contributed by atoms with Crippen LogP contribution in [0, 0.1) is 0 Å². The Morgan fingerprint density at radius 1 is 0.861 bits per heavy atom. The number of carbonyl (C=O) groups is 2. The van der Waals surface area contributed by atoms with Gasteiger partial charge in [-0.25, -0.2) is 9.59 Å². The Kier molecular flexibility index (Phi) is 8.42. The minimum absolute atomic E-state index is 0.0253. The van der Waals surface area contributed by atoms with Crippen molar-refractivity contribution in [3.05, 3.63) is 46.6 Å². The number of phenols is 1. The summed E-state index contributed by atoms with van der Waals surface area (Å²) in [7, 11) is 1.45. The molecule has 1 aromatic heterocycles. The molecule has 0 unspecified atom stereocenters. The van der Waals surface area contributed by atoms with Gasteiger partial charge in [0, 0.05) is 49.9 Å². The smallest absolute Gasteiger partial charge is 0.415 e. The van der Waals surface area contributed by atoms with E-state index in [1.54, 1.807) is 12.1 Å². The van der Waals surface area contributed by atoms with E-state index in [1.165, 1.54) is 41.2 Å². The van der Waals surface area contributed by atoms with Gasteiger partial charge in [-0.15, -0.1) is 0 Å². The number of phenolic OH excluding ortho intramolecular Hbond substituents is 1. The Hall–Kier alpha value is -4.21. The quantitative estimate of drug-likeness (QED) is 0.468. The standard InChI is InChI=1S/C26H30N2O8/c1-6-27(7-2)25(31)34-17-13-18(29)24-19(30)15-21(35-23(24)14-17)16-10-11-20(33-5)22(12-16)36-26(32)28(8-3)9-4/h10-15,29H,6-9H2,1-5H3. The van der Waals surface area contributed by atoms with Crippen LogP contribution in [0.25, 0.3) is 22.3 Å². The second kappa shape index (κ2) is 11.5. The molecule has 0 atom stereocenters. The molecule has 0 aliphatic heterocycles. The van der Waals surface area contributed by atoms with Crippen LogP contribution in [-0.2, 0) is 0 Å². The maximum absolute atomic E-state index is 12.8. The van der Waals surface area contributed by atoms with Gasteiger partial charge in [-0.2, -0.15) is 0 Å². The Morgan fingerprint density at radius 2 is 1.47 bits per heavy atom. The molecule has 0 radical (unpaired) electrons. The summed E-state index contributed by atoms with van der Waals surface area (Å²) in [6.07, 6.45) is -1.13. The lowest BCUT2D eigenvalue weighted by atomic mass is 10.1. The molecule has 0 aliphatic carbocycles. The average Bonchev–Trinajstić information content (AvgIpc) is 2.85. The van der Waals surface area contributed by atoms with Crippen molar-refractivity contribution >= 4 is 23.2 Å². The predicted octanol–water partition coefficient (Wildman–Crippen LogP) is 4.86. The van der Waals surface area contributed by atoms with Gasteiger partial charge in [-0.3, -0.25) is 4.79 Å². The van der Waals surface area contributed by atoms with Crippen LogP contribution in [0.3, 0.4) is 0 Å². The molecule has 0 bridgehead atoms. The molecule has 3 aromatic rings. The maximum Gasteiger partial charge on any atom is 0.415 e. The number of ether oxygens (including phenoxy) is 3. The van der Waals surface area contributed by atoms with Gasteiger partial charge in [0.2, 0.25) is 0 Å². The highest BCUT2D eigenvalue weighted by Crippen LogP contribution is 2.35. The summed E-state index contributed by atoms with van der Waals surface area (Å²) in [5.41, 5.74) is -0.0394. The number of hydrogen-bond donors (Lipinski definition) is 1. The molecule has 192 valence electrons. The molecule has 2 aromatic carbocycles. The monoisotopic (exact) mass is 498 g/mol. The number of nitrogens with zero attached hydrogens (tertiary/aromatic N) is 2. The summed E-state index contributed by atoms with van der Waals surface area (Å²) in [6, 6.07) is 8.53. The fourth-order valence-electron chi connectivity index (χ4n) is 3.64. The molecule has 0 saturated heterocycles. The SMILES string of the molecule is CCN(CC)C(=O)Oc1cc(O)c2c(=O)cc(-c3ccc(OC)c(OC(=O)N(CC)CC)c3)oc2c1. The van der Waals surface area contributed by atoms with Gasteiger partial charge >= 0.3 is 12.2 Å². The van der Waals surface area contributed by atoms with Crippen LogP contribution in [0.5, 0.6) is 23.0 Å². The van der Waals surface area contributed by atoms with Crippen LogP contribution in [0.15, 0.2) is 45.6 Å². The molecule has 0 aliphatic rings. The van der Waals surface area contributed by atoms with Crippen molar-refractivity contribution in [3.63, 3.8) is 0 Å². The fraction of sp³-hybridized carbons (Fsp3) is 0.346. The van der Waals surface area contributed by atoms with E-state index in [0.717, 1.165) is 0 Å². The van der Waals surface area contributed by atoms with E-state index in [2.05, 4.69) is 0 Å². The Balaban J connectivity index is 2.04. The largest absolute Gasteiger partial charge is 0.507 e. The second-order valence-corrected chi connectivity index (χ2v) is 7.74. The number of benzene rings is 2. The van der Waals surface area contributed by atoms with Gasteiger partial charge in [-0.1, -0.05) is 0 Å². The summed E-state index contributed by atoms with van der Waals surface area (Å²) in [5, 5.41) is 10.4. The molecule has 0 fully saturated rings. The normalized spacial score (nSPS) is 10.7. The number of rotatable bonds is 8.